The third-order valence-corrected chi connectivity index (χ3v) is 8.53. The average molecular weight is 535 g/mol. The van der Waals surface area contributed by atoms with E-state index in [-0.39, 0.29) is 34.7 Å². The van der Waals surface area contributed by atoms with Gasteiger partial charge in [-0.2, -0.15) is 13.2 Å². The summed E-state index contributed by atoms with van der Waals surface area (Å²) in [4.78, 5) is 26.8. The maximum Gasteiger partial charge on any atom is 0.419 e. The molecular formula is C25H30F3N6O2P. The van der Waals surface area contributed by atoms with E-state index in [1.165, 1.54) is 12.3 Å². The Labute approximate surface area is 212 Å². The standard InChI is InChI=1S/C25H30F3N6O2P/c1-37(2,36)22-17-8-7-16-18(12-30-21(16)22)20-19(25(26,27)28)13-31-24(33-20)32-15-6-5-11-34(14-15)10-4-3-9-29-23(17)35/h7-8,12-13,15,30H,3-6,9-11,14H2,1-2H3,(H,29,35)(H,31,32,33)/t15-/m1/s1. The van der Waals surface area contributed by atoms with Crippen LogP contribution in [0.2, 0.25) is 0 Å². The number of aromatic nitrogens is 3. The highest BCUT2D eigenvalue weighted by Gasteiger charge is 2.37. The predicted molar refractivity (Wildman–Crippen MR) is 138 cm³/mol. The molecule has 8 nitrogen and oxygen atoms in total. The minimum absolute atomic E-state index is 0.0140. The normalized spacial score (nSPS) is 21.4. The second kappa shape index (κ2) is 9.76. The van der Waals surface area contributed by atoms with Crippen molar-refractivity contribution in [1.82, 2.24) is 25.2 Å². The quantitative estimate of drug-likeness (QED) is 0.403. The van der Waals surface area contributed by atoms with Crippen molar-refractivity contribution in [3.05, 3.63) is 35.7 Å². The fourth-order valence-electron chi connectivity index (χ4n) is 5.30. The largest absolute Gasteiger partial charge is 0.419 e. The topological polar surface area (TPSA) is 103 Å². The Kier molecular flexibility index (Phi) is 6.79. The predicted octanol–water partition coefficient (Wildman–Crippen LogP) is 4.29. The van der Waals surface area contributed by atoms with Crippen LogP contribution < -0.4 is 15.9 Å². The van der Waals surface area contributed by atoms with E-state index in [0.717, 1.165) is 51.5 Å². The molecule has 3 aliphatic heterocycles. The average Bonchev–Trinajstić information content (AvgIpc) is 3.25. The zero-order valence-corrected chi connectivity index (χ0v) is 21.7. The number of amides is 1. The van der Waals surface area contributed by atoms with Crippen LogP contribution in [-0.2, 0) is 10.7 Å². The number of piperidine rings is 1. The number of alkyl halides is 3. The van der Waals surface area contributed by atoms with Crippen LogP contribution in [0.25, 0.3) is 22.2 Å². The van der Waals surface area contributed by atoms with Crippen LogP contribution in [0.4, 0.5) is 19.1 Å². The highest BCUT2D eigenvalue weighted by Crippen LogP contribution is 2.43. The lowest BCUT2D eigenvalue weighted by Gasteiger charge is -2.33. The first-order valence-corrected chi connectivity index (χ1v) is 15.0. The van der Waals surface area contributed by atoms with E-state index < -0.39 is 18.9 Å². The zero-order chi connectivity index (χ0) is 26.4. The van der Waals surface area contributed by atoms with Gasteiger partial charge in [-0.3, -0.25) is 4.79 Å². The molecule has 5 heterocycles. The number of aromatic amines is 1. The number of nitrogens with zero attached hydrogens (tertiary/aromatic N) is 3. The van der Waals surface area contributed by atoms with Crippen LogP contribution in [0.1, 0.15) is 41.6 Å². The molecule has 0 saturated carbocycles. The van der Waals surface area contributed by atoms with Gasteiger partial charge in [0.1, 0.15) is 12.7 Å². The van der Waals surface area contributed by atoms with Crippen molar-refractivity contribution < 1.29 is 22.5 Å². The van der Waals surface area contributed by atoms with E-state index in [1.54, 1.807) is 19.4 Å². The highest BCUT2D eigenvalue weighted by atomic mass is 31.2. The van der Waals surface area contributed by atoms with Gasteiger partial charge in [-0.25, -0.2) is 9.97 Å². The number of hydrogen-bond acceptors (Lipinski definition) is 6. The number of carbonyl (C=O) groups is 1. The number of nitrogens with one attached hydrogen (secondary N) is 3. The van der Waals surface area contributed by atoms with Crippen molar-refractivity contribution in [2.45, 2.75) is 37.9 Å². The van der Waals surface area contributed by atoms with Crippen LogP contribution in [0.5, 0.6) is 0 Å². The van der Waals surface area contributed by atoms with Crippen molar-refractivity contribution in [3.63, 3.8) is 0 Å². The monoisotopic (exact) mass is 534 g/mol. The second-order valence-electron chi connectivity index (χ2n) is 10.1. The van der Waals surface area contributed by atoms with Crippen molar-refractivity contribution in [1.29, 1.82) is 0 Å². The molecule has 1 unspecified atom stereocenters. The smallest absolute Gasteiger partial charge is 0.360 e. The summed E-state index contributed by atoms with van der Waals surface area (Å²) in [6, 6.07) is 3.14. The van der Waals surface area contributed by atoms with Gasteiger partial charge in [0.25, 0.3) is 5.91 Å². The fraction of sp³-hybridized carbons (Fsp3) is 0.480. The molecule has 3 aromatic rings. The number of rotatable bonds is 1. The van der Waals surface area contributed by atoms with E-state index in [2.05, 4.69) is 30.5 Å². The van der Waals surface area contributed by atoms with Gasteiger partial charge in [0, 0.05) is 47.8 Å². The molecule has 6 rings (SSSR count). The number of fused-ring (bicyclic) bond motifs is 6. The van der Waals surface area contributed by atoms with Crippen LogP contribution in [0.15, 0.2) is 24.5 Å². The van der Waals surface area contributed by atoms with Gasteiger partial charge in [0.15, 0.2) is 0 Å². The molecule has 3 N–H and O–H groups in total. The van der Waals surface area contributed by atoms with E-state index in [0.29, 0.717) is 22.8 Å². The highest BCUT2D eigenvalue weighted by molar-refractivity contribution is 7.70. The summed E-state index contributed by atoms with van der Waals surface area (Å²) in [7, 11) is -3.01. The first-order valence-electron chi connectivity index (χ1n) is 12.4. The van der Waals surface area contributed by atoms with Crippen molar-refractivity contribution in [2.75, 3.05) is 44.8 Å². The first kappa shape index (κ1) is 25.7. The zero-order valence-electron chi connectivity index (χ0n) is 20.8. The van der Waals surface area contributed by atoms with Gasteiger partial charge < -0.3 is 25.1 Å². The molecule has 1 fully saturated rings. The SMILES string of the molecule is CP(C)(=O)c1c2ccc3c(c[nH]c13)-c1nc(ncc1C(F)(F)F)N[C@@H]1CCCN(CCCCNC2=O)C1. The van der Waals surface area contributed by atoms with Gasteiger partial charge in [0.05, 0.1) is 16.8 Å². The Balaban J connectivity index is 1.70. The minimum Gasteiger partial charge on any atom is -0.360 e. The molecule has 1 aromatic carbocycles. The van der Waals surface area contributed by atoms with E-state index in [4.69, 9.17) is 0 Å². The lowest BCUT2D eigenvalue weighted by atomic mass is 10.0. The lowest BCUT2D eigenvalue weighted by Crippen LogP contribution is -2.42. The molecule has 2 aromatic heterocycles. The third-order valence-electron chi connectivity index (χ3n) is 6.99. The molecule has 2 atom stereocenters. The van der Waals surface area contributed by atoms with Crippen LogP contribution in [0.3, 0.4) is 0 Å². The van der Waals surface area contributed by atoms with Crippen LogP contribution in [-0.4, -0.2) is 71.3 Å². The molecule has 1 amide bonds. The van der Waals surface area contributed by atoms with Gasteiger partial charge in [-0.05, 0) is 58.2 Å². The molecule has 0 spiro atoms. The summed E-state index contributed by atoms with van der Waals surface area (Å²) >= 11 is 0. The lowest BCUT2D eigenvalue weighted by molar-refractivity contribution is -0.137. The van der Waals surface area contributed by atoms with Crippen molar-refractivity contribution in [2.24, 2.45) is 0 Å². The van der Waals surface area contributed by atoms with Gasteiger partial charge in [-0.1, -0.05) is 6.07 Å². The number of H-pyrrole nitrogens is 1. The van der Waals surface area contributed by atoms with Crippen LogP contribution in [0, 0.1) is 0 Å². The molecule has 3 aliphatic rings. The summed E-state index contributed by atoms with van der Waals surface area (Å²) in [5.41, 5.74) is -0.384. The van der Waals surface area contributed by atoms with E-state index in [9.17, 15) is 22.5 Å². The van der Waals surface area contributed by atoms with Gasteiger partial charge in [-0.15, -0.1) is 0 Å². The molecule has 37 heavy (non-hydrogen) atoms. The molecule has 198 valence electrons. The maximum atomic E-state index is 14.0. The molecule has 12 heteroatoms. The van der Waals surface area contributed by atoms with Crippen LogP contribution >= 0.6 is 7.14 Å². The Hall–Kier alpha value is -2.91. The first-order chi connectivity index (χ1) is 17.5. The molecule has 0 radical (unpaired) electrons. The summed E-state index contributed by atoms with van der Waals surface area (Å²) in [6.45, 7) is 6.12. The Morgan fingerprint density at radius 3 is 2.65 bits per heavy atom. The molecule has 1 saturated heterocycles. The molecular weight excluding hydrogens is 504 g/mol. The number of halogens is 3. The van der Waals surface area contributed by atoms with E-state index in [1.807, 2.05) is 0 Å². The fourth-order valence-corrected chi connectivity index (χ4v) is 6.78. The Bertz CT molecular complexity index is 1380. The van der Waals surface area contributed by atoms with Crippen molar-refractivity contribution in [3.8, 4) is 11.3 Å². The Morgan fingerprint density at radius 1 is 1.11 bits per heavy atom. The number of anilines is 1. The minimum atomic E-state index is -4.68. The number of benzene rings is 1. The van der Waals surface area contributed by atoms with Gasteiger partial charge in [0.2, 0.25) is 5.95 Å². The second-order valence-corrected chi connectivity index (χ2v) is 13.3. The Morgan fingerprint density at radius 2 is 1.89 bits per heavy atom. The summed E-state index contributed by atoms with van der Waals surface area (Å²) in [5, 5.41) is 6.90. The summed E-state index contributed by atoms with van der Waals surface area (Å²) < 4.78 is 55.5. The summed E-state index contributed by atoms with van der Waals surface area (Å²) in [5.74, 6) is -0.209. The number of carbonyl (C=O) groups excluding carboxylic acids is 1. The maximum absolute atomic E-state index is 14.0. The van der Waals surface area contributed by atoms with Crippen molar-refractivity contribution >= 4 is 35.2 Å². The van der Waals surface area contributed by atoms with Gasteiger partial charge >= 0.3 is 6.18 Å². The third kappa shape index (κ3) is 5.25. The van der Waals surface area contributed by atoms with E-state index >= 15 is 0 Å². The molecule has 8 bridgehead atoms. The summed E-state index contributed by atoms with van der Waals surface area (Å²) in [6.07, 6.45) is 1.09. The number of hydrogen-bond donors (Lipinski definition) is 3. The molecule has 0 aliphatic carbocycles.